The van der Waals surface area contributed by atoms with Crippen molar-refractivity contribution >= 4 is 40.9 Å². The molecule has 1 aromatic heterocycles. The van der Waals surface area contributed by atoms with E-state index in [0.717, 1.165) is 43.6 Å². The number of carbonyl (C=O) groups excluding carboxylic acids is 3. The first kappa shape index (κ1) is 18.1. The summed E-state index contributed by atoms with van der Waals surface area (Å²) in [6, 6.07) is 4.40. The van der Waals surface area contributed by atoms with Crippen LogP contribution < -0.4 is 0 Å². The van der Waals surface area contributed by atoms with Gasteiger partial charge < -0.3 is 4.74 Å². The third-order valence-corrected chi connectivity index (χ3v) is 5.93. The summed E-state index contributed by atoms with van der Waals surface area (Å²) in [5.74, 6) is -1.22. The SMILES string of the molecule is O=C(OCc1nnsc1Cl)c1ccc2c(c1)C(=O)N(C1CCCCC1)C2=O. The summed E-state index contributed by atoms with van der Waals surface area (Å²) in [5.41, 5.74) is 1.19. The Morgan fingerprint density at radius 2 is 1.93 bits per heavy atom. The fraction of sp³-hybridized carbons (Fsp3) is 0.389. The molecule has 7 nitrogen and oxygen atoms in total. The summed E-state index contributed by atoms with van der Waals surface area (Å²) in [6.45, 7) is -0.105. The molecule has 0 atom stereocenters. The van der Waals surface area contributed by atoms with E-state index in [4.69, 9.17) is 16.3 Å². The van der Waals surface area contributed by atoms with E-state index in [1.54, 1.807) is 0 Å². The standard InChI is InChI=1S/C18H16ClN3O4S/c19-15-14(20-21-27-15)9-26-18(25)10-6-7-12-13(8-10)17(24)22(16(12)23)11-4-2-1-3-5-11/h6-8,11H,1-5,9H2. The van der Waals surface area contributed by atoms with Gasteiger partial charge in [0.15, 0.2) is 0 Å². The summed E-state index contributed by atoms with van der Waals surface area (Å²) in [7, 11) is 0. The molecule has 1 aliphatic heterocycles. The summed E-state index contributed by atoms with van der Waals surface area (Å²) in [5, 5.41) is 3.78. The molecule has 4 rings (SSSR count). The molecule has 2 aromatic rings. The predicted molar refractivity (Wildman–Crippen MR) is 97.9 cm³/mol. The van der Waals surface area contributed by atoms with Gasteiger partial charge in [-0.25, -0.2) is 4.79 Å². The van der Waals surface area contributed by atoms with Crippen molar-refractivity contribution < 1.29 is 19.1 Å². The Bertz CT molecular complexity index is 923. The second-order valence-corrected chi connectivity index (χ2v) is 7.96. The number of amides is 2. The molecule has 0 unspecified atom stereocenters. The molecular formula is C18H16ClN3O4S. The highest BCUT2D eigenvalue weighted by Gasteiger charge is 2.40. The van der Waals surface area contributed by atoms with E-state index in [1.807, 2.05) is 0 Å². The third-order valence-electron chi connectivity index (χ3n) is 4.94. The molecule has 0 saturated heterocycles. The smallest absolute Gasteiger partial charge is 0.338 e. The van der Waals surface area contributed by atoms with Crippen molar-refractivity contribution in [3.05, 3.63) is 44.9 Å². The van der Waals surface area contributed by atoms with Crippen LogP contribution in [-0.4, -0.2) is 38.3 Å². The molecule has 2 heterocycles. The van der Waals surface area contributed by atoms with E-state index in [1.165, 1.54) is 23.1 Å². The molecule has 9 heteroatoms. The van der Waals surface area contributed by atoms with Crippen LogP contribution in [0.3, 0.4) is 0 Å². The van der Waals surface area contributed by atoms with Crippen molar-refractivity contribution in [2.75, 3.05) is 0 Å². The number of carbonyl (C=O) groups is 3. The van der Waals surface area contributed by atoms with E-state index in [2.05, 4.69) is 9.59 Å². The topological polar surface area (TPSA) is 89.5 Å². The molecule has 0 N–H and O–H groups in total. The van der Waals surface area contributed by atoms with Gasteiger partial charge >= 0.3 is 5.97 Å². The van der Waals surface area contributed by atoms with Crippen LogP contribution in [0.2, 0.25) is 4.34 Å². The fourth-order valence-corrected chi connectivity index (χ4v) is 4.16. The number of imide groups is 1. The molecule has 27 heavy (non-hydrogen) atoms. The number of fused-ring (bicyclic) bond motifs is 1. The van der Waals surface area contributed by atoms with E-state index in [0.29, 0.717) is 15.6 Å². The van der Waals surface area contributed by atoms with Gasteiger partial charge in [-0.05, 0) is 31.0 Å². The van der Waals surface area contributed by atoms with Gasteiger partial charge in [-0.15, -0.1) is 5.10 Å². The summed E-state index contributed by atoms with van der Waals surface area (Å²) < 4.78 is 9.22. The average Bonchev–Trinajstić information content (AvgIpc) is 3.21. The van der Waals surface area contributed by atoms with Crippen molar-refractivity contribution in [2.24, 2.45) is 0 Å². The minimum atomic E-state index is -0.613. The largest absolute Gasteiger partial charge is 0.455 e. The number of aromatic nitrogens is 2. The minimum absolute atomic E-state index is 0.0548. The highest BCUT2D eigenvalue weighted by Crippen LogP contribution is 2.31. The summed E-state index contributed by atoms with van der Waals surface area (Å²) in [6.07, 6.45) is 4.84. The zero-order valence-corrected chi connectivity index (χ0v) is 15.9. The Hall–Kier alpha value is -2.32. The molecule has 1 fully saturated rings. The van der Waals surface area contributed by atoms with Gasteiger partial charge in [-0.3, -0.25) is 14.5 Å². The lowest BCUT2D eigenvalue weighted by Gasteiger charge is -2.29. The first-order valence-corrected chi connectivity index (χ1v) is 9.87. The molecule has 1 saturated carbocycles. The molecule has 0 bridgehead atoms. The van der Waals surface area contributed by atoms with Gasteiger partial charge in [0.2, 0.25) is 0 Å². The number of ether oxygens (including phenoxy) is 1. The first-order valence-electron chi connectivity index (χ1n) is 8.72. The van der Waals surface area contributed by atoms with Crippen molar-refractivity contribution in [2.45, 2.75) is 44.8 Å². The maximum Gasteiger partial charge on any atom is 0.338 e. The van der Waals surface area contributed by atoms with Crippen LogP contribution in [0.15, 0.2) is 18.2 Å². The molecule has 0 radical (unpaired) electrons. The maximum absolute atomic E-state index is 12.8. The second kappa shape index (κ2) is 7.36. The van der Waals surface area contributed by atoms with Crippen molar-refractivity contribution in [1.29, 1.82) is 0 Å². The molecule has 2 amide bonds. The monoisotopic (exact) mass is 405 g/mol. The quantitative estimate of drug-likeness (QED) is 0.571. The number of halogens is 1. The van der Waals surface area contributed by atoms with E-state index < -0.39 is 5.97 Å². The zero-order valence-electron chi connectivity index (χ0n) is 14.3. The number of esters is 1. The van der Waals surface area contributed by atoms with Gasteiger partial charge in [0.25, 0.3) is 11.8 Å². The van der Waals surface area contributed by atoms with E-state index >= 15 is 0 Å². The number of hydrogen-bond acceptors (Lipinski definition) is 7. The Balaban J connectivity index is 1.52. The number of benzene rings is 1. The molecule has 0 spiro atoms. The molecule has 1 aliphatic carbocycles. The Labute approximate surface area is 164 Å². The van der Waals surface area contributed by atoms with Crippen molar-refractivity contribution in [3.63, 3.8) is 0 Å². The zero-order chi connectivity index (χ0) is 19.0. The van der Waals surface area contributed by atoms with Gasteiger partial charge in [-0.2, -0.15) is 0 Å². The Morgan fingerprint density at radius 3 is 2.63 bits per heavy atom. The third kappa shape index (κ3) is 3.35. The van der Waals surface area contributed by atoms with Gasteiger partial charge in [0.1, 0.15) is 16.6 Å². The Morgan fingerprint density at radius 1 is 1.19 bits per heavy atom. The molecule has 140 valence electrons. The van der Waals surface area contributed by atoms with Crippen molar-refractivity contribution in [1.82, 2.24) is 14.5 Å². The van der Waals surface area contributed by atoms with Crippen LogP contribution in [-0.2, 0) is 11.3 Å². The molecular weight excluding hydrogens is 390 g/mol. The Kier molecular flexibility index (Phi) is 4.92. The van der Waals surface area contributed by atoms with Crippen LogP contribution in [0.25, 0.3) is 0 Å². The van der Waals surface area contributed by atoms with Crippen LogP contribution in [0.5, 0.6) is 0 Å². The molecule has 2 aliphatic rings. The van der Waals surface area contributed by atoms with E-state index in [9.17, 15) is 14.4 Å². The van der Waals surface area contributed by atoms with Crippen LogP contribution in [0, 0.1) is 0 Å². The van der Waals surface area contributed by atoms with Crippen LogP contribution in [0.4, 0.5) is 0 Å². The second-order valence-electron chi connectivity index (χ2n) is 6.60. The molecule has 1 aromatic carbocycles. The van der Waals surface area contributed by atoms with Crippen molar-refractivity contribution in [3.8, 4) is 0 Å². The van der Waals surface area contributed by atoms with E-state index in [-0.39, 0.29) is 35.6 Å². The first-order chi connectivity index (χ1) is 13.1. The highest BCUT2D eigenvalue weighted by molar-refractivity contribution is 7.10. The summed E-state index contributed by atoms with van der Waals surface area (Å²) in [4.78, 5) is 39.1. The van der Waals surface area contributed by atoms with Gasteiger partial charge in [0.05, 0.1) is 16.7 Å². The maximum atomic E-state index is 12.8. The lowest BCUT2D eigenvalue weighted by atomic mass is 9.94. The van der Waals surface area contributed by atoms with Crippen LogP contribution >= 0.6 is 23.1 Å². The van der Waals surface area contributed by atoms with Crippen LogP contribution in [0.1, 0.15) is 68.9 Å². The van der Waals surface area contributed by atoms with Gasteiger partial charge in [-0.1, -0.05) is 35.4 Å². The lowest BCUT2D eigenvalue weighted by Crippen LogP contribution is -2.40. The minimum Gasteiger partial charge on any atom is -0.455 e. The fourth-order valence-electron chi connectivity index (χ4n) is 3.56. The highest BCUT2D eigenvalue weighted by atomic mass is 35.5. The average molecular weight is 406 g/mol. The van der Waals surface area contributed by atoms with Gasteiger partial charge in [0, 0.05) is 17.6 Å². The number of nitrogens with zero attached hydrogens (tertiary/aromatic N) is 3. The number of hydrogen-bond donors (Lipinski definition) is 0. The predicted octanol–water partition coefficient (Wildman–Crippen LogP) is 3.48. The number of rotatable bonds is 4. The summed E-state index contributed by atoms with van der Waals surface area (Å²) >= 11 is 6.89. The lowest BCUT2D eigenvalue weighted by molar-refractivity contribution is 0.0467. The normalized spacial score (nSPS) is 17.3.